The molecule has 2 heterocycles. The Morgan fingerprint density at radius 2 is 1.50 bits per heavy atom. The van der Waals surface area contributed by atoms with Gasteiger partial charge in [0.1, 0.15) is 11.8 Å². The van der Waals surface area contributed by atoms with Crippen LogP contribution in [0.5, 0.6) is 0 Å². The maximum Gasteiger partial charge on any atom is 0.330 e. The van der Waals surface area contributed by atoms with Crippen molar-refractivity contribution in [3.8, 4) is 0 Å². The van der Waals surface area contributed by atoms with Crippen LogP contribution < -0.4 is 11.2 Å². The second-order valence-electron chi connectivity index (χ2n) is 9.21. The average molecular weight is 510 g/mol. The Morgan fingerprint density at radius 3 is 2.00 bits per heavy atom. The lowest BCUT2D eigenvalue weighted by Crippen LogP contribution is -2.38. The average Bonchev–Trinajstić information content (AvgIpc) is 3.35. The van der Waals surface area contributed by atoms with Crippen molar-refractivity contribution in [2.45, 2.75) is 37.3 Å². The topological polar surface area (TPSA) is 122 Å². The molecule has 1 N–H and O–H groups in total. The van der Waals surface area contributed by atoms with Gasteiger partial charge in [0.15, 0.2) is 0 Å². The van der Waals surface area contributed by atoms with Gasteiger partial charge in [-0.1, -0.05) is 96.1 Å². The standard InChI is InChI=1S/C29H27N5O4/c1-20-18-34(28(36)31-27(20)35)26-17-24(32-33-30)25(38-26)19-37-29(21-11-5-2-6-12-21,22-13-7-3-8-14-22)23-15-9-4-10-16-23/h2-16,18,24-26H,17,19H2,1H3,(H,31,35,36). The first-order valence-electron chi connectivity index (χ1n) is 12.3. The highest BCUT2D eigenvalue weighted by atomic mass is 16.6. The van der Waals surface area contributed by atoms with Crippen LogP contribution >= 0.6 is 0 Å². The molecule has 0 spiro atoms. The van der Waals surface area contributed by atoms with Crippen LogP contribution in [0.4, 0.5) is 0 Å². The molecule has 1 aromatic heterocycles. The van der Waals surface area contributed by atoms with Gasteiger partial charge in [-0.3, -0.25) is 14.3 Å². The maximum atomic E-state index is 12.5. The normalized spacial score (nSPS) is 19.1. The molecule has 9 nitrogen and oxygen atoms in total. The number of nitrogens with one attached hydrogen (secondary N) is 1. The second-order valence-corrected chi connectivity index (χ2v) is 9.21. The van der Waals surface area contributed by atoms with Crippen LogP contribution in [-0.2, 0) is 15.1 Å². The zero-order valence-corrected chi connectivity index (χ0v) is 20.8. The number of aromatic nitrogens is 2. The van der Waals surface area contributed by atoms with Crippen molar-refractivity contribution in [3.63, 3.8) is 0 Å². The fraction of sp³-hybridized carbons (Fsp3) is 0.241. The molecule has 1 aliphatic heterocycles. The zero-order chi connectivity index (χ0) is 26.5. The Kier molecular flexibility index (Phi) is 7.24. The van der Waals surface area contributed by atoms with Gasteiger partial charge in [-0.25, -0.2) is 4.79 Å². The van der Waals surface area contributed by atoms with E-state index in [2.05, 4.69) is 15.0 Å². The molecule has 1 fully saturated rings. The third-order valence-electron chi connectivity index (χ3n) is 6.87. The number of nitrogens with zero attached hydrogens (tertiary/aromatic N) is 4. The SMILES string of the molecule is Cc1cn(C2CC(N=[N+]=[N-])C(COC(c3ccccc3)(c3ccccc3)c3ccccc3)O2)c(=O)[nH]c1=O. The summed E-state index contributed by atoms with van der Waals surface area (Å²) < 4.78 is 14.4. The number of azide groups is 1. The van der Waals surface area contributed by atoms with E-state index in [4.69, 9.17) is 9.47 Å². The summed E-state index contributed by atoms with van der Waals surface area (Å²) in [6.07, 6.45) is 0.371. The summed E-state index contributed by atoms with van der Waals surface area (Å²) in [7, 11) is 0. The quantitative estimate of drug-likeness (QED) is 0.158. The summed E-state index contributed by atoms with van der Waals surface area (Å²) in [6.45, 7) is 1.69. The molecule has 0 amide bonds. The first kappa shape index (κ1) is 25.2. The van der Waals surface area contributed by atoms with Crippen molar-refractivity contribution in [3.05, 3.63) is 151 Å². The molecule has 5 rings (SSSR count). The molecule has 3 aromatic carbocycles. The van der Waals surface area contributed by atoms with Crippen molar-refractivity contribution >= 4 is 0 Å². The number of rotatable bonds is 8. The Morgan fingerprint density at radius 1 is 0.974 bits per heavy atom. The summed E-state index contributed by atoms with van der Waals surface area (Å²) in [6, 6.07) is 29.2. The highest BCUT2D eigenvalue weighted by Gasteiger charge is 2.42. The number of aryl methyl sites for hydroxylation is 1. The molecule has 0 radical (unpaired) electrons. The fourth-order valence-corrected chi connectivity index (χ4v) is 5.00. The van der Waals surface area contributed by atoms with E-state index in [1.807, 2.05) is 91.0 Å². The molecule has 3 atom stereocenters. The minimum atomic E-state index is -0.975. The molecule has 9 heteroatoms. The molecule has 1 aliphatic rings. The number of hydrogen-bond acceptors (Lipinski definition) is 5. The van der Waals surface area contributed by atoms with Crippen LogP contribution in [0.3, 0.4) is 0 Å². The van der Waals surface area contributed by atoms with E-state index < -0.39 is 35.2 Å². The van der Waals surface area contributed by atoms with Gasteiger partial charge in [0.05, 0.1) is 18.8 Å². The van der Waals surface area contributed by atoms with Crippen molar-refractivity contribution in [1.29, 1.82) is 0 Å². The van der Waals surface area contributed by atoms with Gasteiger partial charge in [-0.05, 0) is 29.1 Å². The molecule has 0 saturated carbocycles. The van der Waals surface area contributed by atoms with Crippen molar-refractivity contribution in [2.75, 3.05) is 6.61 Å². The Bertz CT molecular complexity index is 1450. The highest BCUT2D eigenvalue weighted by molar-refractivity contribution is 5.47. The molecular weight excluding hydrogens is 482 g/mol. The van der Waals surface area contributed by atoms with Gasteiger partial charge in [0.25, 0.3) is 5.56 Å². The minimum absolute atomic E-state index is 0.0793. The van der Waals surface area contributed by atoms with E-state index in [9.17, 15) is 15.1 Å². The van der Waals surface area contributed by atoms with E-state index >= 15 is 0 Å². The van der Waals surface area contributed by atoms with Crippen LogP contribution in [0.25, 0.3) is 10.4 Å². The molecule has 0 bridgehead atoms. The van der Waals surface area contributed by atoms with E-state index in [0.717, 1.165) is 16.7 Å². The van der Waals surface area contributed by atoms with E-state index in [1.54, 1.807) is 6.92 Å². The molecule has 38 heavy (non-hydrogen) atoms. The third-order valence-corrected chi connectivity index (χ3v) is 6.87. The monoisotopic (exact) mass is 509 g/mol. The van der Waals surface area contributed by atoms with Crippen molar-refractivity contribution in [2.24, 2.45) is 5.11 Å². The van der Waals surface area contributed by atoms with Crippen LogP contribution in [0.1, 0.15) is 34.9 Å². The molecule has 4 aromatic rings. The first-order chi connectivity index (χ1) is 18.5. The van der Waals surface area contributed by atoms with Gasteiger partial charge < -0.3 is 9.47 Å². The van der Waals surface area contributed by atoms with Gasteiger partial charge in [0.2, 0.25) is 0 Å². The zero-order valence-electron chi connectivity index (χ0n) is 20.8. The van der Waals surface area contributed by atoms with Crippen LogP contribution in [-0.4, -0.2) is 28.3 Å². The Labute approximate surface area is 218 Å². The molecule has 1 saturated heterocycles. The number of aromatic amines is 1. The van der Waals surface area contributed by atoms with Gasteiger partial charge >= 0.3 is 5.69 Å². The summed E-state index contributed by atoms with van der Waals surface area (Å²) in [5.74, 6) is 0. The summed E-state index contributed by atoms with van der Waals surface area (Å²) >= 11 is 0. The molecule has 0 aliphatic carbocycles. The summed E-state index contributed by atoms with van der Waals surface area (Å²) in [5.41, 5.74) is 10.4. The van der Waals surface area contributed by atoms with E-state index in [-0.39, 0.29) is 13.0 Å². The van der Waals surface area contributed by atoms with E-state index in [1.165, 1.54) is 10.8 Å². The molecular formula is C29H27N5O4. The van der Waals surface area contributed by atoms with Crippen molar-refractivity contribution < 1.29 is 9.47 Å². The predicted molar refractivity (Wildman–Crippen MR) is 143 cm³/mol. The number of hydrogen-bond donors (Lipinski definition) is 1. The molecule has 3 unspecified atom stereocenters. The second kappa shape index (κ2) is 10.9. The van der Waals surface area contributed by atoms with E-state index in [0.29, 0.717) is 5.56 Å². The number of benzene rings is 3. The van der Waals surface area contributed by atoms with Crippen LogP contribution in [0, 0.1) is 6.92 Å². The first-order valence-corrected chi connectivity index (χ1v) is 12.3. The lowest BCUT2D eigenvalue weighted by Gasteiger charge is -2.37. The van der Waals surface area contributed by atoms with Gasteiger partial charge in [-0.2, -0.15) is 0 Å². The Balaban J connectivity index is 1.54. The van der Waals surface area contributed by atoms with Gasteiger partial charge in [0, 0.05) is 23.1 Å². The largest absolute Gasteiger partial charge is 0.358 e. The minimum Gasteiger partial charge on any atom is -0.358 e. The summed E-state index contributed by atoms with van der Waals surface area (Å²) in [5, 5.41) is 3.96. The smallest absolute Gasteiger partial charge is 0.330 e. The molecule has 192 valence electrons. The fourth-order valence-electron chi connectivity index (χ4n) is 5.00. The van der Waals surface area contributed by atoms with Crippen LogP contribution in [0.2, 0.25) is 0 Å². The lowest BCUT2D eigenvalue weighted by atomic mass is 9.80. The highest BCUT2D eigenvalue weighted by Crippen LogP contribution is 2.41. The van der Waals surface area contributed by atoms with Crippen molar-refractivity contribution in [1.82, 2.24) is 9.55 Å². The third kappa shape index (κ3) is 4.78. The predicted octanol–water partition coefficient (Wildman–Crippen LogP) is 4.82. The Hall–Kier alpha value is -4.43. The number of ether oxygens (including phenoxy) is 2. The number of H-pyrrole nitrogens is 1. The summed E-state index contributed by atoms with van der Waals surface area (Å²) in [4.78, 5) is 29.7. The van der Waals surface area contributed by atoms with Gasteiger partial charge in [-0.15, -0.1) is 0 Å². The lowest BCUT2D eigenvalue weighted by molar-refractivity contribution is -0.0796. The van der Waals surface area contributed by atoms with Crippen LogP contribution in [0.15, 0.2) is 112 Å². The maximum absolute atomic E-state index is 12.5.